The van der Waals surface area contributed by atoms with Gasteiger partial charge in [0.25, 0.3) is 0 Å². The van der Waals surface area contributed by atoms with Crippen LogP contribution in [0.25, 0.3) is 0 Å². The molecule has 0 amide bonds. The van der Waals surface area contributed by atoms with E-state index in [0.717, 1.165) is 29.7 Å². The molecule has 1 aromatic carbocycles. The van der Waals surface area contributed by atoms with Crippen LogP contribution in [-0.4, -0.2) is 26.2 Å². The Morgan fingerprint density at radius 2 is 2.08 bits per heavy atom. The third-order valence-electron chi connectivity index (χ3n) is 4.94. The number of hydrogen-bond acceptors (Lipinski definition) is 2. The molecular weight excluding hydrogens is 413 g/mol. The summed E-state index contributed by atoms with van der Waals surface area (Å²) in [6.07, 6.45) is 7.35. The predicted octanol–water partition coefficient (Wildman–Crippen LogP) is 3.72. The first-order valence-corrected chi connectivity index (χ1v) is 8.53. The molecule has 0 aromatic heterocycles. The number of halogens is 1. The third kappa shape index (κ3) is 4.88. The van der Waals surface area contributed by atoms with Gasteiger partial charge in [-0.3, -0.25) is 4.99 Å². The van der Waals surface area contributed by atoms with E-state index in [1.54, 1.807) is 6.08 Å². The van der Waals surface area contributed by atoms with Crippen LogP contribution in [0.3, 0.4) is 0 Å². The number of ether oxygens (including phenoxy) is 1. The van der Waals surface area contributed by atoms with E-state index < -0.39 is 0 Å². The number of benzene rings is 1. The minimum absolute atomic E-state index is 0. The summed E-state index contributed by atoms with van der Waals surface area (Å²) in [4.78, 5) is 4.34. The summed E-state index contributed by atoms with van der Waals surface area (Å²) in [6.45, 7) is 5.96. The van der Waals surface area contributed by atoms with Gasteiger partial charge >= 0.3 is 0 Å². The highest BCUT2D eigenvalue weighted by Gasteiger charge is 2.53. The van der Waals surface area contributed by atoms with Crippen LogP contribution in [0.1, 0.15) is 31.2 Å². The maximum atomic E-state index is 5.70. The Kier molecular flexibility index (Phi) is 6.95. The summed E-state index contributed by atoms with van der Waals surface area (Å²) in [5.41, 5.74) is 1.70. The fourth-order valence-electron chi connectivity index (χ4n) is 3.18. The smallest absolute Gasteiger partial charge is 0.191 e. The number of para-hydroxylation sites is 1. The molecule has 2 fully saturated rings. The van der Waals surface area contributed by atoms with Crippen LogP contribution in [0.4, 0.5) is 0 Å². The summed E-state index contributed by atoms with van der Waals surface area (Å²) < 4.78 is 5.70. The lowest BCUT2D eigenvalue weighted by atomic mass is 10.0. The van der Waals surface area contributed by atoms with E-state index >= 15 is 0 Å². The molecule has 0 radical (unpaired) electrons. The number of nitrogens with zero attached hydrogens (tertiary/aromatic N) is 1. The van der Waals surface area contributed by atoms with Crippen molar-refractivity contribution in [3.63, 3.8) is 0 Å². The average molecular weight is 441 g/mol. The van der Waals surface area contributed by atoms with E-state index in [1.807, 2.05) is 25.2 Å². The second-order valence-electron chi connectivity index (χ2n) is 6.62. The molecule has 1 aromatic rings. The molecule has 0 atom stereocenters. The number of guanidine groups is 1. The zero-order valence-electron chi connectivity index (χ0n) is 14.4. The van der Waals surface area contributed by atoms with Crippen LogP contribution in [0.2, 0.25) is 0 Å². The maximum Gasteiger partial charge on any atom is 0.191 e. The molecule has 5 heteroatoms. The molecule has 2 N–H and O–H groups in total. The van der Waals surface area contributed by atoms with Crippen molar-refractivity contribution in [1.82, 2.24) is 10.6 Å². The highest BCUT2D eigenvalue weighted by Crippen LogP contribution is 2.60. The second kappa shape index (κ2) is 8.74. The normalized spacial score (nSPS) is 18.3. The molecule has 2 aliphatic carbocycles. The van der Waals surface area contributed by atoms with Crippen molar-refractivity contribution in [1.29, 1.82) is 0 Å². The van der Waals surface area contributed by atoms with Gasteiger partial charge in [0.05, 0.1) is 0 Å². The average Bonchev–Trinajstić information content (AvgIpc) is 3.47. The Labute approximate surface area is 162 Å². The Bertz CT molecular complexity index is 580. The minimum atomic E-state index is 0. The minimum Gasteiger partial charge on any atom is -0.489 e. The highest BCUT2D eigenvalue weighted by molar-refractivity contribution is 14.0. The first kappa shape index (κ1) is 19.1. The number of nitrogens with one attached hydrogen (secondary N) is 2. The molecule has 2 aliphatic rings. The summed E-state index contributed by atoms with van der Waals surface area (Å²) >= 11 is 0. The van der Waals surface area contributed by atoms with Crippen molar-refractivity contribution in [3.05, 3.63) is 42.5 Å². The third-order valence-corrected chi connectivity index (χ3v) is 4.94. The lowest BCUT2D eigenvalue weighted by Crippen LogP contribution is -2.40. The molecule has 132 valence electrons. The van der Waals surface area contributed by atoms with E-state index in [9.17, 15) is 0 Å². The Morgan fingerprint density at radius 1 is 1.33 bits per heavy atom. The van der Waals surface area contributed by atoms with Crippen LogP contribution in [0.5, 0.6) is 5.75 Å². The second-order valence-corrected chi connectivity index (χ2v) is 6.62. The van der Waals surface area contributed by atoms with Crippen molar-refractivity contribution in [2.24, 2.45) is 16.3 Å². The van der Waals surface area contributed by atoms with Crippen molar-refractivity contribution < 1.29 is 4.74 Å². The van der Waals surface area contributed by atoms with Gasteiger partial charge in [-0.25, -0.2) is 0 Å². The van der Waals surface area contributed by atoms with E-state index in [4.69, 9.17) is 4.74 Å². The lowest BCUT2D eigenvalue weighted by molar-refractivity contribution is 0.358. The zero-order valence-corrected chi connectivity index (χ0v) is 16.7. The van der Waals surface area contributed by atoms with Crippen LogP contribution in [0, 0.1) is 11.3 Å². The van der Waals surface area contributed by atoms with Gasteiger partial charge in [-0.2, -0.15) is 0 Å². The van der Waals surface area contributed by atoms with Crippen molar-refractivity contribution >= 4 is 29.9 Å². The summed E-state index contributed by atoms with van der Waals surface area (Å²) in [5.74, 6) is 2.73. The van der Waals surface area contributed by atoms with Gasteiger partial charge in [-0.05, 0) is 43.1 Å². The topological polar surface area (TPSA) is 45.6 Å². The van der Waals surface area contributed by atoms with Crippen LogP contribution in [-0.2, 0) is 6.54 Å². The van der Waals surface area contributed by atoms with Crippen molar-refractivity contribution in [2.75, 3.05) is 20.2 Å². The molecule has 0 heterocycles. The standard InChI is InChI=1S/C19H27N3O.HI/c1-3-12-23-17-7-5-4-6-15(17)13-21-18(20-2)22-14-19(10-11-19)16-8-9-16;/h3-7,16H,1,8-14H2,2H3,(H2,20,21,22);1H. The van der Waals surface area contributed by atoms with Gasteiger partial charge in [0.1, 0.15) is 12.4 Å². The summed E-state index contributed by atoms with van der Waals surface area (Å²) in [5, 5.41) is 6.90. The van der Waals surface area contributed by atoms with Gasteiger partial charge in [0.15, 0.2) is 5.96 Å². The fraction of sp³-hybridized carbons (Fsp3) is 0.526. The van der Waals surface area contributed by atoms with Gasteiger partial charge in [-0.1, -0.05) is 30.9 Å². The number of hydrogen-bond donors (Lipinski definition) is 2. The van der Waals surface area contributed by atoms with E-state index in [0.29, 0.717) is 18.6 Å². The molecule has 0 unspecified atom stereocenters. The largest absolute Gasteiger partial charge is 0.489 e. The highest BCUT2D eigenvalue weighted by atomic mass is 127. The maximum absolute atomic E-state index is 5.70. The summed E-state index contributed by atoms with van der Waals surface area (Å²) in [6, 6.07) is 8.08. The predicted molar refractivity (Wildman–Crippen MR) is 110 cm³/mol. The molecule has 3 rings (SSSR count). The summed E-state index contributed by atoms with van der Waals surface area (Å²) in [7, 11) is 1.83. The molecular formula is C19H28IN3O. The molecule has 4 nitrogen and oxygen atoms in total. The van der Waals surface area contributed by atoms with Gasteiger partial charge in [0, 0.05) is 25.7 Å². The van der Waals surface area contributed by atoms with Crippen molar-refractivity contribution in [3.8, 4) is 5.75 Å². The molecule has 24 heavy (non-hydrogen) atoms. The van der Waals surface area contributed by atoms with Crippen LogP contribution in [0.15, 0.2) is 41.9 Å². The molecule has 0 bridgehead atoms. The first-order valence-electron chi connectivity index (χ1n) is 8.53. The number of aliphatic imine (C=N–C) groups is 1. The van der Waals surface area contributed by atoms with E-state index in [-0.39, 0.29) is 24.0 Å². The van der Waals surface area contributed by atoms with Gasteiger partial charge in [0.2, 0.25) is 0 Å². The Hall–Kier alpha value is -1.24. The molecule has 0 aliphatic heterocycles. The molecule has 0 spiro atoms. The van der Waals surface area contributed by atoms with Gasteiger partial charge < -0.3 is 15.4 Å². The van der Waals surface area contributed by atoms with Crippen LogP contribution >= 0.6 is 24.0 Å². The van der Waals surface area contributed by atoms with E-state index in [1.165, 1.54) is 25.7 Å². The Balaban J connectivity index is 0.00000208. The zero-order chi connectivity index (χ0) is 16.1. The van der Waals surface area contributed by atoms with Gasteiger partial charge in [-0.15, -0.1) is 24.0 Å². The SMILES string of the molecule is C=CCOc1ccccc1CNC(=NC)NCC1(C2CC2)CC1.I. The molecule has 0 saturated heterocycles. The Morgan fingerprint density at radius 3 is 2.71 bits per heavy atom. The van der Waals surface area contributed by atoms with E-state index in [2.05, 4.69) is 28.3 Å². The number of rotatable bonds is 8. The van der Waals surface area contributed by atoms with Crippen molar-refractivity contribution in [2.45, 2.75) is 32.2 Å². The lowest BCUT2D eigenvalue weighted by Gasteiger charge is -2.18. The fourth-order valence-corrected chi connectivity index (χ4v) is 3.18. The molecule has 2 saturated carbocycles. The first-order chi connectivity index (χ1) is 11.3. The van der Waals surface area contributed by atoms with Crippen LogP contribution < -0.4 is 15.4 Å². The quantitative estimate of drug-likeness (QED) is 0.280. The monoisotopic (exact) mass is 441 g/mol.